The molecule has 0 unspecified atom stereocenters. The summed E-state index contributed by atoms with van der Waals surface area (Å²) in [5, 5.41) is 3.02. The average Bonchev–Trinajstić information content (AvgIpc) is 2.34. The van der Waals surface area contributed by atoms with Crippen LogP contribution < -0.4 is 11.1 Å². The zero-order valence-corrected chi connectivity index (χ0v) is 11.3. The van der Waals surface area contributed by atoms with Gasteiger partial charge in [0.15, 0.2) is 0 Å². The van der Waals surface area contributed by atoms with Crippen molar-refractivity contribution in [1.82, 2.24) is 0 Å². The first-order valence-electron chi connectivity index (χ1n) is 6.69. The van der Waals surface area contributed by atoms with Crippen LogP contribution in [0.5, 0.6) is 0 Å². The number of nitrogen functional groups attached to an aromatic ring is 1. The molecule has 0 aromatic heterocycles. The molecule has 3 heteroatoms. The summed E-state index contributed by atoms with van der Waals surface area (Å²) in [4.78, 5) is 12.4. The van der Waals surface area contributed by atoms with Crippen LogP contribution in [0.4, 0.5) is 11.4 Å². The van der Waals surface area contributed by atoms with Crippen molar-refractivity contribution in [2.45, 2.75) is 46.0 Å². The Balaban J connectivity index is 2.16. The lowest BCUT2D eigenvalue weighted by atomic mass is 9.75. The van der Waals surface area contributed by atoms with Gasteiger partial charge in [-0.1, -0.05) is 38.3 Å². The molecule has 1 aromatic rings. The Morgan fingerprint density at radius 2 is 1.94 bits per heavy atom. The molecule has 0 saturated heterocycles. The van der Waals surface area contributed by atoms with Crippen molar-refractivity contribution in [3.8, 4) is 0 Å². The highest BCUT2D eigenvalue weighted by Gasteiger charge is 2.34. The first kappa shape index (κ1) is 12.9. The fourth-order valence-electron chi connectivity index (χ4n) is 2.68. The van der Waals surface area contributed by atoms with Gasteiger partial charge in [-0.3, -0.25) is 4.79 Å². The van der Waals surface area contributed by atoms with Gasteiger partial charge in [0.1, 0.15) is 0 Å². The Hall–Kier alpha value is -1.51. The number of carbonyl (C=O) groups excluding carboxylic acids is 1. The molecule has 1 amide bonds. The molecule has 0 radical (unpaired) electrons. The second-order valence-electron chi connectivity index (χ2n) is 5.61. The van der Waals surface area contributed by atoms with Gasteiger partial charge < -0.3 is 11.1 Å². The molecule has 1 aliphatic rings. The van der Waals surface area contributed by atoms with Gasteiger partial charge in [0.05, 0.1) is 11.4 Å². The highest BCUT2D eigenvalue weighted by molar-refractivity contribution is 5.98. The van der Waals surface area contributed by atoms with Crippen molar-refractivity contribution in [2.75, 3.05) is 11.1 Å². The van der Waals surface area contributed by atoms with Crippen molar-refractivity contribution < 1.29 is 4.79 Å². The van der Waals surface area contributed by atoms with E-state index in [1.165, 1.54) is 6.42 Å². The molecule has 18 heavy (non-hydrogen) atoms. The lowest BCUT2D eigenvalue weighted by Gasteiger charge is -2.32. The molecule has 1 saturated carbocycles. The van der Waals surface area contributed by atoms with E-state index in [1.54, 1.807) is 0 Å². The molecule has 0 bridgehead atoms. The van der Waals surface area contributed by atoms with E-state index < -0.39 is 0 Å². The fourth-order valence-corrected chi connectivity index (χ4v) is 2.68. The summed E-state index contributed by atoms with van der Waals surface area (Å²) in [6.45, 7) is 4.03. The van der Waals surface area contributed by atoms with E-state index >= 15 is 0 Å². The van der Waals surface area contributed by atoms with Gasteiger partial charge in [-0.15, -0.1) is 0 Å². The summed E-state index contributed by atoms with van der Waals surface area (Å²) in [6.07, 6.45) is 5.49. The zero-order valence-electron chi connectivity index (χ0n) is 11.3. The highest BCUT2D eigenvalue weighted by Crippen LogP contribution is 2.37. The van der Waals surface area contributed by atoms with Crippen LogP contribution in [0.15, 0.2) is 18.2 Å². The fraction of sp³-hybridized carbons (Fsp3) is 0.533. The van der Waals surface area contributed by atoms with E-state index in [0.29, 0.717) is 5.69 Å². The van der Waals surface area contributed by atoms with Crippen LogP contribution in [-0.2, 0) is 4.79 Å². The summed E-state index contributed by atoms with van der Waals surface area (Å²) in [7, 11) is 0. The average molecular weight is 246 g/mol. The maximum absolute atomic E-state index is 12.4. The Kier molecular flexibility index (Phi) is 3.60. The number of nitrogens with one attached hydrogen (secondary N) is 1. The summed E-state index contributed by atoms with van der Waals surface area (Å²) >= 11 is 0. The second-order valence-corrected chi connectivity index (χ2v) is 5.61. The van der Waals surface area contributed by atoms with E-state index in [2.05, 4.69) is 12.2 Å². The lowest BCUT2D eigenvalue weighted by molar-refractivity contribution is -0.126. The number of aryl methyl sites for hydroxylation is 1. The standard InChI is InChI=1S/C15H22N2O/c1-11-7-6-8-12(16)13(11)17-14(18)15(2)9-4-3-5-10-15/h6-8H,3-5,9-10,16H2,1-2H3,(H,17,18). The number of anilines is 2. The molecule has 1 aliphatic carbocycles. The summed E-state index contributed by atoms with van der Waals surface area (Å²) in [5.41, 5.74) is 8.13. The molecule has 3 N–H and O–H groups in total. The number of carbonyl (C=O) groups is 1. The van der Waals surface area contributed by atoms with Crippen LogP contribution in [0.1, 0.15) is 44.6 Å². The van der Waals surface area contributed by atoms with Crippen LogP contribution in [-0.4, -0.2) is 5.91 Å². The predicted molar refractivity (Wildman–Crippen MR) is 75.4 cm³/mol. The first-order valence-corrected chi connectivity index (χ1v) is 6.69. The number of rotatable bonds is 2. The lowest BCUT2D eigenvalue weighted by Crippen LogP contribution is -2.35. The SMILES string of the molecule is Cc1cccc(N)c1NC(=O)C1(C)CCCCC1. The van der Waals surface area contributed by atoms with Gasteiger partial charge in [-0.2, -0.15) is 0 Å². The number of amides is 1. The van der Waals surface area contributed by atoms with Crippen molar-refractivity contribution in [1.29, 1.82) is 0 Å². The summed E-state index contributed by atoms with van der Waals surface area (Å²) in [5.74, 6) is 0.114. The summed E-state index contributed by atoms with van der Waals surface area (Å²) in [6, 6.07) is 5.70. The number of hydrogen-bond donors (Lipinski definition) is 2. The number of para-hydroxylation sites is 1. The Labute approximate surface area is 109 Å². The van der Waals surface area contributed by atoms with Gasteiger partial charge in [-0.05, 0) is 31.4 Å². The third-order valence-corrected chi connectivity index (χ3v) is 4.05. The minimum Gasteiger partial charge on any atom is -0.397 e. The number of benzene rings is 1. The molecule has 2 rings (SSSR count). The smallest absolute Gasteiger partial charge is 0.230 e. The van der Waals surface area contributed by atoms with E-state index in [4.69, 9.17) is 5.73 Å². The van der Waals surface area contributed by atoms with Crippen LogP contribution in [0.25, 0.3) is 0 Å². The Morgan fingerprint density at radius 1 is 1.28 bits per heavy atom. The van der Waals surface area contributed by atoms with Crippen LogP contribution in [0, 0.1) is 12.3 Å². The van der Waals surface area contributed by atoms with Gasteiger partial charge in [0, 0.05) is 5.41 Å². The highest BCUT2D eigenvalue weighted by atomic mass is 16.2. The predicted octanol–water partition coefficient (Wildman–Crippen LogP) is 3.49. The van der Waals surface area contributed by atoms with Crippen molar-refractivity contribution in [3.05, 3.63) is 23.8 Å². The van der Waals surface area contributed by atoms with Gasteiger partial charge in [-0.25, -0.2) is 0 Å². The maximum atomic E-state index is 12.4. The Morgan fingerprint density at radius 3 is 2.56 bits per heavy atom. The molecule has 1 fully saturated rings. The quantitative estimate of drug-likeness (QED) is 0.785. The monoisotopic (exact) mass is 246 g/mol. The van der Waals surface area contributed by atoms with Gasteiger partial charge in [0.25, 0.3) is 0 Å². The van der Waals surface area contributed by atoms with E-state index in [1.807, 2.05) is 25.1 Å². The second kappa shape index (κ2) is 5.01. The topological polar surface area (TPSA) is 55.1 Å². The molecule has 0 spiro atoms. The molecule has 0 heterocycles. The van der Waals surface area contributed by atoms with Gasteiger partial charge >= 0.3 is 0 Å². The Bertz CT molecular complexity index is 428. The molecule has 3 nitrogen and oxygen atoms in total. The molecular weight excluding hydrogens is 224 g/mol. The number of hydrogen-bond acceptors (Lipinski definition) is 2. The van der Waals surface area contributed by atoms with Crippen molar-refractivity contribution in [3.63, 3.8) is 0 Å². The molecular formula is C15H22N2O. The van der Waals surface area contributed by atoms with Crippen LogP contribution >= 0.6 is 0 Å². The molecule has 0 aliphatic heterocycles. The van der Waals surface area contributed by atoms with Crippen molar-refractivity contribution in [2.24, 2.45) is 5.41 Å². The molecule has 0 atom stereocenters. The minimum absolute atomic E-state index is 0.114. The van der Waals surface area contributed by atoms with E-state index in [0.717, 1.165) is 36.9 Å². The van der Waals surface area contributed by atoms with Crippen LogP contribution in [0.3, 0.4) is 0 Å². The largest absolute Gasteiger partial charge is 0.397 e. The maximum Gasteiger partial charge on any atom is 0.230 e. The third kappa shape index (κ3) is 2.50. The molecule has 98 valence electrons. The molecule has 1 aromatic carbocycles. The van der Waals surface area contributed by atoms with E-state index in [-0.39, 0.29) is 11.3 Å². The summed E-state index contributed by atoms with van der Waals surface area (Å²) < 4.78 is 0. The van der Waals surface area contributed by atoms with Crippen molar-refractivity contribution >= 4 is 17.3 Å². The normalized spacial score (nSPS) is 18.3. The third-order valence-electron chi connectivity index (χ3n) is 4.05. The minimum atomic E-state index is -0.229. The van der Waals surface area contributed by atoms with E-state index in [9.17, 15) is 4.79 Å². The van der Waals surface area contributed by atoms with Crippen LogP contribution in [0.2, 0.25) is 0 Å². The van der Waals surface area contributed by atoms with Gasteiger partial charge in [0.2, 0.25) is 5.91 Å². The number of nitrogens with two attached hydrogens (primary N) is 1. The zero-order chi connectivity index (χ0) is 13.2. The first-order chi connectivity index (χ1) is 8.53.